The highest BCUT2D eigenvalue weighted by Gasteiger charge is 2.35. The molecule has 4 aromatic carbocycles. The number of anilines is 2. The van der Waals surface area contributed by atoms with Crippen LogP contribution in [0.4, 0.5) is 24.5 Å². The Bertz CT molecular complexity index is 1600. The molecule has 0 aliphatic carbocycles. The quantitative estimate of drug-likeness (QED) is 0.191. The molecule has 0 bridgehead atoms. The predicted octanol–water partition coefficient (Wildman–Crippen LogP) is 8.14. The molecule has 12 heteroatoms. The highest BCUT2D eigenvalue weighted by Crippen LogP contribution is 2.38. The highest BCUT2D eigenvalue weighted by atomic mass is 35.5. The maximum Gasteiger partial charge on any atom is 0.417 e. The Morgan fingerprint density at radius 1 is 0.875 bits per heavy atom. The van der Waals surface area contributed by atoms with Gasteiger partial charge in [0.1, 0.15) is 6.54 Å². The standard InChI is InChI=1S/C28H21Cl2F3N2O3S2/c29-20-12-10-19(11-13-20)18-39-26-9-5-4-8-25(26)34-27(36)17-35(40(37,38)22-6-2-1-3-7-22)21-14-15-24(30)23(16-21)28(31,32)33/h1-16H,17-18H2,(H,34,36). The van der Waals surface area contributed by atoms with E-state index in [1.54, 1.807) is 42.5 Å². The number of alkyl halides is 3. The summed E-state index contributed by atoms with van der Waals surface area (Å²) in [5, 5.41) is 2.72. The van der Waals surface area contributed by atoms with E-state index in [9.17, 15) is 26.4 Å². The van der Waals surface area contributed by atoms with Gasteiger partial charge in [-0.25, -0.2) is 8.42 Å². The van der Waals surface area contributed by atoms with Gasteiger partial charge in [-0.05, 0) is 60.2 Å². The summed E-state index contributed by atoms with van der Waals surface area (Å²) in [4.78, 5) is 13.7. The van der Waals surface area contributed by atoms with E-state index >= 15 is 0 Å². The van der Waals surface area contributed by atoms with Crippen molar-refractivity contribution in [2.75, 3.05) is 16.2 Å². The van der Waals surface area contributed by atoms with Crippen molar-refractivity contribution < 1.29 is 26.4 Å². The van der Waals surface area contributed by atoms with Gasteiger partial charge in [-0.3, -0.25) is 9.10 Å². The van der Waals surface area contributed by atoms with E-state index in [4.69, 9.17) is 23.2 Å². The number of amides is 1. The fourth-order valence-corrected chi connectivity index (χ4v) is 6.43. The number of halogens is 5. The number of carbonyl (C=O) groups excluding carboxylic acids is 1. The molecule has 0 aliphatic heterocycles. The first-order valence-electron chi connectivity index (χ1n) is 11.7. The third-order valence-electron chi connectivity index (χ3n) is 5.63. The molecular formula is C28H21Cl2F3N2O3S2. The first-order valence-corrected chi connectivity index (χ1v) is 14.8. The largest absolute Gasteiger partial charge is 0.417 e. The molecular weight excluding hydrogens is 604 g/mol. The lowest BCUT2D eigenvalue weighted by molar-refractivity contribution is -0.137. The minimum Gasteiger partial charge on any atom is -0.323 e. The van der Waals surface area contributed by atoms with E-state index in [0.717, 1.165) is 17.7 Å². The SMILES string of the molecule is O=C(CN(c1ccc(Cl)c(C(F)(F)F)c1)S(=O)(=O)c1ccccc1)Nc1ccccc1SCc1ccc(Cl)cc1. The van der Waals surface area contributed by atoms with Gasteiger partial charge < -0.3 is 5.32 Å². The van der Waals surface area contributed by atoms with Crippen molar-refractivity contribution >= 4 is 62.3 Å². The van der Waals surface area contributed by atoms with Gasteiger partial charge in [0.25, 0.3) is 10.0 Å². The molecule has 0 heterocycles. The molecule has 0 radical (unpaired) electrons. The molecule has 0 unspecified atom stereocenters. The normalized spacial score (nSPS) is 11.7. The van der Waals surface area contributed by atoms with E-state index in [0.29, 0.717) is 31.7 Å². The third-order valence-corrected chi connectivity index (χ3v) is 9.14. The molecule has 1 N–H and O–H groups in total. The minimum atomic E-state index is -4.84. The summed E-state index contributed by atoms with van der Waals surface area (Å²) in [6.07, 6.45) is -4.84. The molecule has 5 nitrogen and oxygen atoms in total. The number of carbonyl (C=O) groups is 1. The maximum absolute atomic E-state index is 13.6. The Morgan fingerprint density at radius 2 is 1.52 bits per heavy atom. The number of hydrogen-bond acceptors (Lipinski definition) is 4. The topological polar surface area (TPSA) is 66.5 Å². The van der Waals surface area contributed by atoms with Gasteiger partial charge in [0.2, 0.25) is 5.91 Å². The Labute approximate surface area is 244 Å². The molecule has 40 heavy (non-hydrogen) atoms. The van der Waals surface area contributed by atoms with Gasteiger partial charge in [-0.15, -0.1) is 11.8 Å². The zero-order valence-electron chi connectivity index (χ0n) is 20.5. The summed E-state index contributed by atoms with van der Waals surface area (Å²) in [6, 6.07) is 24.1. The lowest BCUT2D eigenvalue weighted by atomic mass is 10.2. The fourth-order valence-electron chi connectivity index (χ4n) is 3.68. The fraction of sp³-hybridized carbons (Fsp3) is 0.107. The van der Waals surface area contributed by atoms with Gasteiger partial charge in [-0.1, -0.05) is 65.7 Å². The first kappa shape index (κ1) is 29.8. The summed E-state index contributed by atoms with van der Waals surface area (Å²) >= 11 is 13.1. The molecule has 0 aromatic heterocycles. The van der Waals surface area contributed by atoms with E-state index < -0.39 is 39.2 Å². The Morgan fingerprint density at radius 3 is 2.20 bits per heavy atom. The lowest BCUT2D eigenvalue weighted by Gasteiger charge is -2.25. The number of thioether (sulfide) groups is 1. The zero-order valence-corrected chi connectivity index (χ0v) is 23.7. The number of rotatable bonds is 9. The monoisotopic (exact) mass is 624 g/mol. The van der Waals surface area contributed by atoms with Crippen LogP contribution < -0.4 is 9.62 Å². The molecule has 1 amide bonds. The molecule has 4 aromatic rings. The zero-order chi connectivity index (χ0) is 28.9. The average Bonchev–Trinajstić information content (AvgIpc) is 2.92. The van der Waals surface area contributed by atoms with Crippen molar-refractivity contribution in [3.8, 4) is 0 Å². The number of sulfonamides is 1. The number of para-hydroxylation sites is 1. The molecule has 0 saturated carbocycles. The summed E-state index contributed by atoms with van der Waals surface area (Å²) in [5.74, 6) is -0.175. The maximum atomic E-state index is 13.6. The molecule has 208 valence electrons. The van der Waals surface area contributed by atoms with Crippen LogP contribution in [0.3, 0.4) is 0 Å². The Hall–Kier alpha value is -3.18. The van der Waals surface area contributed by atoms with E-state index in [-0.39, 0.29) is 10.6 Å². The van der Waals surface area contributed by atoms with Crippen molar-refractivity contribution in [1.29, 1.82) is 0 Å². The van der Waals surface area contributed by atoms with Crippen LogP contribution in [0.25, 0.3) is 0 Å². The lowest BCUT2D eigenvalue weighted by Crippen LogP contribution is -2.38. The van der Waals surface area contributed by atoms with Crippen LogP contribution in [0.2, 0.25) is 10.0 Å². The smallest absolute Gasteiger partial charge is 0.323 e. The summed E-state index contributed by atoms with van der Waals surface area (Å²) in [6.45, 7) is -0.785. The molecule has 4 rings (SSSR count). The van der Waals surface area contributed by atoms with Gasteiger partial charge in [0.05, 0.1) is 26.9 Å². The minimum absolute atomic E-state index is 0.190. The van der Waals surface area contributed by atoms with Crippen molar-refractivity contribution in [2.45, 2.75) is 21.7 Å². The average molecular weight is 626 g/mol. The van der Waals surface area contributed by atoms with Crippen LogP contribution in [-0.4, -0.2) is 20.9 Å². The van der Waals surface area contributed by atoms with Gasteiger partial charge in [0.15, 0.2) is 0 Å². The van der Waals surface area contributed by atoms with Crippen molar-refractivity contribution in [3.63, 3.8) is 0 Å². The van der Waals surface area contributed by atoms with Crippen LogP contribution in [-0.2, 0) is 26.7 Å². The van der Waals surface area contributed by atoms with Gasteiger partial charge in [0, 0.05) is 15.7 Å². The van der Waals surface area contributed by atoms with E-state index in [1.165, 1.54) is 36.0 Å². The van der Waals surface area contributed by atoms with Crippen molar-refractivity contribution in [3.05, 3.63) is 118 Å². The van der Waals surface area contributed by atoms with Crippen LogP contribution >= 0.6 is 35.0 Å². The number of hydrogen-bond donors (Lipinski definition) is 1. The van der Waals surface area contributed by atoms with Crippen LogP contribution in [0, 0.1) is 0 Å². The van der Waals surface area contributed by atoms with E-state index in [1.807, 2.05) is 12.1 Å². The van der Waals surface area contributed by atoms with E-state index in [2.05, 4.69) is 5.32 Å². The van der Waals surface area contributed by atoms with Crippen molar-refractivity contribution in [2.24, 2.45) is 0 Å². The first-order chi connectivity index (χ1) is 18.9. The number of benzene rings is 4. The second-order valence-corrected chi connectivity index (χ2v) is 12.2. The molecule has 0 atom stereocenters. The highest BCUT2D eigenvalue weighted by molar-refractivity contribution is 7.98. The van der Waals surface area contributed by atoms with Crippen molar-refractivity contribution in [1.82, 2.24) is 0 Å². The number of nitrogens with zero attached hydrogens (tertiary/aromatic N) is 1. The summed E-state index contributed by atoms with van der Waals surface area (Å²) in [5.41, 5.74) is -0.153. The molecule has 0 saturated heterocycles. The summed E-state index contributed by atoms with van der Waals surface area (Å²) < 4.78 is 68.4. The molecule has 0 spiro atoms. The Kier molecular flexibility index (Phi) is 9.35. The second kappa shape index (κ2) is 12.6. The second-order valence-electron chi connectivity index (χ2n) is 8.45. The molecule has 0 aliphatic rings. The number of nitrogens with one attached hydrogen (secondary N) is 1. The third kappa shape index (κ3) is 7.31. The molecule has 0 fully saturated rings. The van der Waals surface area contributed by atoms with Crippen LogP contribution in [0.15, 0.2) is 107 Å². The van der Waals surface area contributed by atoms with Gasteiger partial charge in [-0.2, -0.15) is 13.2 Å². The van der Waals surface area contributed by atoms with Crippen LogP contribution in [0.5, 0.6) is 0 Å². The predicted molar refractivity (Wildman–Crippen MR) is 154 cm³/mol. The van der Waals surface area contributed by atoms with Crippen LogP contribution in [0.1, 0.15) is 11.1 Å². The summed E-state index contributed by atoms with van der Waals surface area (Å²) in [7, 11) is -4.43. The Balaban J connectivity index is 1.62. The van der Waals surface area contributed by atoms with Gasteiger partial charge >= 0.3 is 6.18 Å².